The summed E-state index contributed by atoms with van der Waals surface area (Å²) >= 11 is 0. The maximum absolute atomic E-state index is 11.8. The maximum Gasteiger partial charge on any atom is 0.353 e. The van der Waals surface area contributed by atoms with E-state index in [4.69, 9.17) is 4.74 Å². The second-order valence-electron chi connectivity index (χ2n) is 5.96. The standard InChI is InChI=1S/C15H23N5O4/c1-4-24-15(21)11-5-7-19(8-6-11)14-12(20(22)23)13(16-9-17-14)18-10(2)3/h9-11H,4-8H2,1-3H3,(H,16,17,18). The molecule has 1 aliphatic rings. The molecule has 9 heteroatoms. The number of nitrogens with one attached hydrogen (secondary N) is 1. The number of carbonyl (C=O) groups is 1. The second kappa shape index (κ2) is 7.89. The molecule has 9 nitrogen and oxygen atoms in total. The first-order valence-corrected chi connectivity index (χ1v) is 8.11. The first-order chi connectivity index (χ1) is 11.4. The zero-order valence-electron chi connectivity index (χ0n) is 14.2. The van der Waals surface area contributed by atoms with Crippen LogP contribution in [0.1, 0.15) is 33.6 Å². The summed E-state index contributed by atoms with van der Waals surface area (Å²) in [4.78, 5) is 32.8. The third kappa shape index (κ3) is 4.09. The minimum atomic E-state index is -0.461. The van der Waals surface area contributed by atoms with Crippen molar-refractivity contribution in [2.24, 2.45) is 5.92 Å². The van der Waals surface area contributed by atoms with Crippen LogP contribution in [0.4, 0.5) is 17.3 Å². The number of aromatic nitrogens is 2. The molecule has 0 atom stereocenters. The van der Waals surface area contributed by atoms with Gasteiger partial charge in [-0.15, -0.1) is 0 Å². The highest BCUT2D eigenvalue weighted by Crippen LogP contribution is 2.34. The van der Waals surface area contributed by atoms with Crippen molar-refractivity contribution in [1.82, 2.24) is 9.97 Å². The van der Waals surface area contributed by atoms with Crippen LogP contribution in [-0.2, 0) is 9.53 Å². The first kappa shape index (κ1) is 17.9. The average molecular weight is 337 g/mol. The van der Waals surface area contributed by atoms with E-state index in [9.17, 15) is 14.9 Å². The van der Waals surface area contributed by atoms with E-state index in [1.165, 1.54) is 6.33 Å². The molecule has 132 valence electrons. The molecule has 0 radical (unpaired) electrons. The van der Waals surface area contributed by atoms with Crippen LogP contribution in [0.2, 0.25) is 0 Å². The Bertz CT molecular complexity index is 600. The second-order valence-corrected chi connectivity index (χ2v) is 5.96. The quantitative estimate of drug-likeness (QED) is 0.476. The highest BCUT2D eigenvalue weighted by molar-refractivity contribution is 5.74. The van der Waals surface area contributed by atoms with Crippen molar-refractivity contribution in [3.05, 3.63) is 16.4 Å². The van der Waals surface area contributed by atoms with E-state index in [1.807, 2.05) is 18.7 Å². The lowest BCUT2D eigenvalue weighted by Crippen LogP contribution is -2.38. The maximum atomic E-state index is 11.8. The number of nitrogens with zero attached hydrogens (tertiary/aromatic N) is 4. The van der Waals surface area contributed by atoms with Crippen molar-refractivity contribution in [3.8, 4) is 0 Å². The summed E-state index contributed by atoms with van der Waals surface area (Å²) in [7, 11) is 0. The summed E-state index contributed by atoms with van der Waals surface area (Å²) in [5.41, 5.74) is -0.124. The van der Waals surface area contributed by atoms with Gasteiger partial charge in [0.25, 0.3) is 0 Å². The van der Waals surface area contributed by atoms with E-state index in [0.717, 1.165) is 0 Å². The van der Waals surface area contributed by atoms with Crippen molar-refractivity contribution in [1.29, 1.82) is 0 Å². The van der Waals surface area contributed by atoms with Crippen LogP contribution in [0.15, 0.2) is 6.33 Å². The molecule has 0 bridgehead atoms. The van der Waals surface area contributed by atoms with Crippen LogP contribution in [0.25, 0.3) is 0 Å². The van der Waals surface area contributed by atoms with Crippen molar-refractivity contribution in [3.63, 3.8) is 0 Å². The lowest BCUT2D eigenvalue weighted by atomic mass is 9.97. The monoisotopic (exact) mass is 337 g/mol. The molecule has 1 saturated heterocycles. The topological polar surface area (TPSA) is 110 Å². The van der Waals surface area contributed by atoms with E-state index in [1.54, 1.807) is 6.92 Å². The molecule has 0 aliphatic carbocycles. The van der Waals surface area contributed by atoms with Gasteiger partial charge in [-0.1, -0.05) is 0 Å². The molecule has 1 fully saturated rings. The van der Waals surface area contributed by atoms with Crippen molar-refractivity contribution < 1.29 is 14.5 Å². The van der Waals surface area contributed by atoms with E-state index in [2.05, 4.69) is 15.3 Å². The van der Waals surface area contributed by atoms with Gasteiger partial charge in [0.1, 0.15) is 6.33 Å². The van der Waals surface area contributed by atoms with Gasteiger partial charge < -0.3 is 15.0 Å². The molecule has 24 heavy (non-hydrogen) atoms. The van der Waals surface area contributed by atoms with E-state index in [0.29, 0.717) is 38.4 Å². The van der Waals surface area contributed by atoms with Gasteiger partial charge in [0, 0.05) is 19.1 Å². The van der Waals surface area contributed by atoms with Crippen molar-refractivity contribution in [2.75, 3.05) is 29.9 Å². The van der Waals surface area contributed by atoms with Crippen molar-refractivity contribution in [2.45, 2.75) is 39.7 Å². The third-order valence-corrected chi connectivity index (χ3v) is 3.83. The number of hydrogen-bond donors (Lipinski definition) is 1. The van der Waals surface area contributed by atoms with Crippen LogP contribution in [0, 0.1) is 16.0 Å². The molecular formula is C15H23N5O4. The fraction of sp³-hybridized carbons (Fsp3) is 0.667. The lowest BCUT2D eigenvalue weighted by molar-refractivity contribution is -0.383. The molecule has 2 heterocycles. The molecule has 1 aliphatic heterocycles. The van der Waals surface area contributed by atoms with E-state index in [-0.39, 0.29) is 29.4 Å². The molecule has 2 rings (SSSR count). The summed E-state index contributed by atoms with van der Waals surface area (Å²) in [6, 6.07) is 0.0148. The van der Waals surface area contributed by atoms with Crippen LogP contribution < -0.4 is 10.2 Å². The van der Waals surface area contributed by atoms with Gasteiger partial charge >= 0.3 is 11.7 Å². The molecule has 0 spiro atoms. The Hall–Kier alpha value is -2.45. The summed E-state index contributed by atoms with van der Waals surface area (Å²) in [5.74, 6) is 0.153. The van der Waals surface area contributed by atoms with Gasteiger partial charge in [-0.05, 0) is 33.6 Å². The summed E-state index contributed by atoms with van der Waals surface area (Å²) in [6.07, 6.45) is 2.50. The molecule has 0 saturated carbocycles. The van der Waals surface area contributed by atoms with Crippen LogP contribution in [0.3, 0.4) is 0 Å². The molecular weight excluding hydrogens is 314 g/mol. The van der Waals surface area contributed by atoms with Gasteiger partial charge in [-0.3, -0.25) is 14.9 Å². The van der Waals surface area contributed by atoms with Gasteiger partial charge in [-0.2, -0.15) is 0 Å². The van der Waals surface area contributed by atoms with E-state index >= 15 is 0 Å². The van der Waals surface area contributed by atoms with Crippen LogP contribution in [0.5, 0.6) is 0 Å². The molecule has 1 aromatic heterocycles. The molecule has 0 aromatic carbocycles. The highest BCUT2D eigenvalue weighted by Gasteiger charge is 2.32. The lowest BCUT2D eigenvalue weighted by Gasteiger charge is -2.31. The third-order valence-electron chi connectivity index (χ3n) is 3.83. The van der Waals surface area contributed by atoms with Gasteiger partial charge in [0.05, 0.1) is 17.4 Å². The Labute approximate surface area is 140 Å². The first-order valence-electron chi connectivity index (χ1n) is 8.11. The SMILES string of the molecule is CCOC(=O)C1CCN(c2ncnc(NC(C)C)c2[N+](=O)[O-])CC1. The van der Waals surface area contributed by atoms with Gasteiger partial charge in [0.15, 0.2) is 0 Å². The number of ether oxygens (including phenoxy) is 1. The Kier molecular flexibility index (Phi) is 5.88. The number of rotatable bonds is 6. The fourth-order valence-electron chi connectivity index (χ4n) is 2.74. The Balaban J connectivity index is 2.18. The highest BCUT2D eigenvalue weighted by atomic mass is 16.6. The predicted molar refractivity (Wildman–Crippen MR) is 89.0 cm³/mol. The number of carbonyl (C=O) groups excluding carboxylic acids is 1. The molecule has 0 unspecified atom stereocenters. The number of hydrogen-bond acceptors (Lipinski definition) is 8. The smallest absolute Gasteiger partial charge is 0.353 e. The summed E-state index contributed by atoms with van der Waals surface area (Å²) < 4.78 is 5.05. The summed E-state index contributed by atoms with van der Waals surface area (Å²) in [5, 5.41) is 14.5. The Morgan fingerprint density at radius 1 is 1.46 bits per heavy atom. The Morgan fingerprint density at radius 3 is 2.67 bits per heavy atom. The Morgan fingerprint density at radius 2 is 2.12 bits per heavy atom. The normalized spacial score (nSPS) is 15.4. The fourth-order valence-corrected chi connectivity index (χ4v) is 2.74. The minimum Gasteiger partial charge on any atom is -0.466 e. The van der Waals surface area contributed by atoms with Gasteiger partial charge in [0.2, 0.25) is 11.6 Å². The number of esters is 1. The zero-order chi connectivity index (χ0) is 17.7. The minimum absolute atomic E-state index is 0.0148. The largest absolute Gasteiger partial charge is 0.466 e. The van der Waals surface area contributed by atoms with E-state index < -0.39 is 4.92 Å². The number of piperidine rings is 1. The van der Waals surface area contributed by atoms with Gasteiger partial charge in [-0.25, -0.2) is 9.97 Å². The van der Waals surface area contributed by atoms with Crippen molar-refractivity contribution >= 4 is 23.3 Å². The average Bonchev–Trinajstić information content (AvgIpc) is 2.54. The predicted octanol–water partition coefficient (Wildman–Crippen LogP) is 1.98. The zero-order valence-corrected chi connectivity index (χ0v) is 14.2. The number of anilines is 2. The molecule has 0 amide bonds. The molecule has 1 aromatic rings. The summed E-state index contributed by atoms with van der Waals surface area (Å²) in [6.45, 7) is 6.94. The van der Waals surface area contributed by atoms with Crippen LogP contribution in [-0.4, -0.2) is 46.6 Å². The molecule has 1 N–H and O–H groups in total. The number of nitro groups is 1. The van der Waals surface area contributed by atoms with Crippen LogP contribution >= 0.6 is 0 Å².